The Balaban J connectivity index is 1.75. The van der Waals surface area contributed by atoms with E-state index < -0.39 is 5.97 Å². The van der Waals surface area contributed by atoms with Gasteiger partial charge >= 0.3 is 5.97 Å². The zero-order valence-electron chi connectivity index (χ0n) is 13.6. The zero-order chi connectivity index (χ0) is 17.3. The molecule has 2 heterocycles. The summed E-state index contributed by atoms with van der Waals surface area (Å²) in [6.07, 6.45) is 0.640. The molecule has 1 aromatic rings. The number of rotatable bonds is 4. The number of para-hydroxylation sites is 1. The molecule has 24 heavy (non-hydrogen) atoms. The SMILES string of the molecule is CN1CC(=O)N(CCN2CC[C@H](C(=O)O)C2)c2ccccc2C1=O. The first-order valence-corrected chi connectivity index (χ1v) is 8.07. The second kappa shape index (κ2) is 6.60. The number of carboxylic acid groups (broad SMARTS) is 1. The monoisotopic (exact) mass is 331 g/mol. The fraction of sp³-hybridized carbons (Fsp3) is 0.471. The van der Waals surface area contributed by atoms with Crippen LogP contribution < -0.4 is 4.90 Å². The molecule has 0 aliphatic carbocycles. The van der Waals surface area contributed by atoms with Crippen LogP contribution in [-0.4, -0.2) is 72.5 Å². The summed E-state index contributed by atoms with van der Waals surface area (Å²) in [4.78, 5) is 41.1. The number of hydrogen-bond acceptors (Lipinski definition) is 4. The van der Waals surface area contributed by atoms with E-state index >= 15 is 0 Å². The molecule has 128 valence electrons. The summed E-state index contributed by atoms with van der Waals surface area (Å²) in [7, 11) is 1.62. The highest BCUT2D eigenvalue weighted by atomic mass is 16.4. The van der Waals surface area contributed by atoms with Crippen LogP contribution in [0.4, 0.5) is 5.69 Å². The number of likely N-dealkylation sites (N-methyl/N-ethyl adjacent to an activating group) is 1. The number of likely N-dealkylation sites (tertiary alicyclic amines) is 1. The van der Waals surface area contributed by atoms with E-state index in [1.54, 1.807) is 30.1 Å². The first-order valence-electron chi connectivity index (χ1n) is 8.07. The van der Waals surface area contributed by atoms with Gasteiger partial charge in [0.25, 0.3) is 5.91 Å². The van der Waals surface area contributed by atoms with E-state index in [-0.39, 0.29) is 24.3 Å². The van der Waals surface area contributed by atoms with Crippen LogP contribution in [0.1, 0.15) is 16.8 Å². The van der Waals surface area contributed by atoms with Gasteiger partial charge in [-0.2, -0.15) is 0 Å². The largest absolute Gasteiger partial charge is 0.481 e. The first kappa shape index (κ1) is 16.4. The number of amides is 2. The third-order valence-electron chi connectivity index (χ3n) is 4.71. The molecule has 7 heteroatoms. The fourth-order valence-corrected chi connectivity index (χ4v) is 3.31. The third kappa shape index (κ3) is 3.12. The van der Waals surface area contributed by atoms with E-state index in [2.05, 4.69) is 4.90 Å². The molecule has 7 nitrogen and oxygen atoms in total. The highest BCUT2D eigenvalue weighted by Gasteiger charge is 2.31. The van der Waals surface area contributed by atoms with Crippen molar-refractivity contribution in [3.8, 4) is 0 Å². The van der Waals surface area contributed by atoms with Crippen LogP contribution in [0, 0.1) is 5.92 Å². The summed E-state index contributed by atoms with van der Waals surface area (Å²) in [6, 6.07) is 7.12. The molecule has 0 aromatic heterocycles. The smallest absolute Gasteiger partial charge is 0.307 e. The van der Waals surface area contributed by atoms with E-state index in [1.807, 2.05) is 6.07 Å². The maximum absolute atomic E-state index is 12.5. The lowest BCUT2D eigenvalue weighted by atomic mass is 10.1. The maximum Gasteiger partial charge on any atom is 0.307 e. The van der Waals surface area contributed by atoms with Gasteiger partial charge in [0, 0.05) is 26.7 Å². The normalized spacial score (nSPS) is 21.8. The van der Waals surface area contributed by atoms with Gasteiger partial charge in [0.05, 0.1) is 17.2 Å². The summed E-state index contributed by atoms with van der Waals surface area (Å²) in [5.41, 5.74) is 1.15. The average molecular weight is 331 g/mol. The Bertz CT molecular complexity index is 676. The molecular formula is C17H21N3O4. The van der Waals surface area contributed by atoms with Gasteiger partial charge in [0.1, 0.15) is 6.54 Å². The number of fused-ring (bicyclic) bond motifs is 1. The standard InChI is InChI=1S/C17H21N3O4/c1-18-11-15(21)20(14-5-3-2-4-13(14)16(18)22)9-8-19-7-6-12(10-19)17(23)24/h2-5,12H,6-11H2,1H3,(H,23,24)/t12-/m0/s1. The Morgan fingerprint density at radius 2 is 2.00 bits per heavy atom. The summed E-state index contributed by atoms with van der Waals surface area (Å²) in [5, 5.41) is 9.08. The molecule has 2 aliphatic rings. The van der Waals surface area contributed by atoms with Gasteiger partial charge in [-0.3, -0.25) is 14.4 Å². The van der Waals surface area contributed by atoms with Gasteiger partial charge < -0.3 is 19.8 Å². The molecule has 3 rings (SSSR count). The van der Waals surface area contributed by atoms with Crippen LogP contribution in [0.3, 0.4) is 0 Å². The number of anilines is 1. The van der Waals surface area contributed by atoms with Crippen LogP contribution in [0.5, 0.6) is 0 Å². The molecule has 1 saturated heterocycles. The van der Waals surface area contributed by atoms with Crippen molar-refractivity contribution in [1.82, 2.24) is 9.80 Å². The molecule has 0 radical (unpaired) electrons. The quantitative estimate of drug-likeness (QED) is 0.869. The van der Waals surface area contributed by atoms with Gasteiger partial charge in [0.15, 0.2) is 0 Å². The topological polar surface area (TPSA) is 81.2 Å². The molecule has 0 saturated carbocycles. The van der Waals surface area contributed by atoms with E-state index in [4.69, 9.17) is 5.11 Å². The minimum Gasteiger partial charge on any atom is -0.481 e. The number of hydrogen-bond donors (Lipinski definition) is 1. The van der Waals surface area contributed by atoms with Crippen LogP contribution in [0.2, 0.25) is 0 Å². The number of carboxylic acids is 1. The van der Waals surface area contributed by atoms with Crippen molar-refractivity contribution in [2.45, 2.75) is 6.42 Å². The van der Waals surface area contributed by atoms with Crippen molar-refractivity contribution in [1.29, 1.82) is 0 Å². The van der Waals surface area contributed by atoms with Crippen molar-refractivity contribution < 1.29 is 19.5 Å². The number of aliphatic carboxylic acids is 1. The van der Waals surface area contributed by atoms with Crippen molar-refractivity contribution in [3.05, 3.63) is 29.8 Å². The van der Waals surface area contributed by atoms with E-state index in [0.717, 1.165) is 6.54 Å². The fourth-order valence-electron chi connectivity index (χ4n) is 3.31. The maximum atomic E-state index is 12.5. The molecule has 1 N–H and O–H groups in total. The lowest BCUT2D eigenvalue weighted by Gasteiger charge is -2.25. The minimum atomic E-state index is -0.763. The van der Waals surface area contributed by atoms with Gasteiger partial charge in [-0.1, -0.05) is 12.1 Å². The Morgan fingerprint density at radius 3 is 2.71 bits per heavy atom. The second-order valence-corrected chi connectivity index (χ2v) is 6.35. The molecule has 2 aliphatic heterocycles. The molecule has 1 atom stereocenters. The van der Waals surface area contributed by atoms with E-state index in [9.17, 15) is 14.4 Å². The lowest BCUT2D eigenvalue weighted by Crippen LogP contribution is -2.41. The second-order valence-electron chi connectivity index (χ2n) is 6.35. The van der Waals surface area contributed by atoms with Gasteiger partial charge in [0.2, 0.25) is 5.91 Å². The van der Waals surface area contributed by atoms with E-state index in [1.165, 1.54) is 4.90 Å². The summed E-state index contributed by atoms with van der Waals surface area (Å²) >= 11 is 0. The predicted molar refractivity (Wildman–Crippen MR) is 87.9 cm³/mol. The highest BCUT2D eigenvalue weighted by Crippen LogP contribution is 2.25. The Morgan fingerprint density at radius 1 is 1.25 bits per heavy atom. The van der Waals surface area contributed by atoms with Gasteiger partial charge in [-0.15, -0.1) is 0 Å². The van der Waals surface area contributed by atoms with E-state index in [0.29, 0.717) is 37.3 Å². The van der Waals surface area contributed by atoms with Crippen LogP contribution >= 0.6 is 0 Å². The lowest BCUT2D eigenvalue weighted by molar-refractivity contribution is -0.141. The Labute approximate surface area is 140 Å². The number of benzene rings is 1. The molecule has 1 fully saturated rings. The zero-order valence-corrected chi connectivity index (χ0v) is 13.6. The van der Waals surface area contributed by atoms with Gasteiger partial charge in [-0.25, -0.2) is 0 Å². The molecule has 0 unspecified atom stereocenters. The Hall–Kier alpha value is -2.41. The summed E-state index contributed by atoms with van der Waals surface area (Å²) < 4.78 is 0. The summed E-state index contributed by atoms with van der Waals surface area (Å²) in [6.45, 7) is 2.33. The van der Waals surface area contributed by atoms with Crippen molar-refractivity contribution in [3.63, 3.8) is 0 Å². The van der Waals surface area contributed by atoms with Crippen molar-refractivity contribution in [2.75, 3.05) is 44.7 Å². The van der Waals surface area contributed by atoms with Crippen LogP contribution in [0.25, 0.3) is 0 Å². The molecule has 0 bridgehead atoms. The van der Waals surface area contributed by atoms with Crippen molar-refractivity contribution >= 4 is 23.5 Å². The number of nitrogens with zero attached hydrogens (tertiary/aromatic N) is 3. The third-order valence-corrected chi connectivity index (χ3v) is 4.71. The average Bonchev–Trinajstić information content (AvgIpc) is 3.01. The molecular weight excluding hydrogens is 310 g/mol. The first-order chi connectivity index (χ1) is 11.5. The number of carbonyl (C=O) groups is 3. The van der Waals surface area contributed by atoms with Crippen LogP contribution in [-0.2, 0) is 9.59 Å². The predicted octanol–water partition coefficient (Wildman–Crippen LogP) is 0.512. The highest BCUT2D eigenvalue weighted by molar-refractivity contribution is 6.09. The molecule has 1 aromatic carbocycles. The van der Waals surface area contributed by atoms with Crippen molar-refractivity contribution in [2.24, 2.45) is 5.92 Å². The number of carbonyl (C=O) groups excluding carboxylic acids is 2. The molecule has 0 spiro atoms. The van der Waals surface area contributed by atoms with Crippen LogP contribution in [0.15, 0.2) is 24.3 Å². The summed E-state index contributed by atoms with van der Waals surface area (Å²) in [5.74, 6) is -1.37. The Kier molecular flexibility index (Phi) is 4.53. The van der Waals surface area contributed by atoms with Gasteiger partial charge in [-0.05, 0) is 25.1 Å². The minimum absolute atomic E-state index is 0.0469. The molecule has 2 amide bonds.